The van der Waals surface area contributed by atoms with Crippen LogP contribution in [0, 0.1) is 5.92 Å². The van der Waals surface area contributed by atoms with Crippen LogP contribution in [0.1, 0.15) is 16.7 Å². The molecule has 0 spiro atoms. The van der Waals surface area contributed by atoms with Crippen molar-refractivity contribution < 1.29 is 19.4 Å². The first-order chi connectivity index (χ1) is 15.1. The van der Waals surface area contributed by atoms with Crippen molar-refractivity contribution in [3.63, 3.8) is 0 Å². The van der Waals surface area contributed by atoms with Gasteiger partial charge in [0.1, 0.15) is 0 Å². The van der Waals surface area contributed by atoms with Gasteiger partial charge in [0.15, 0.2) is 23.1 Å². The number of aromatic hydroxyl groups is 1. The Morgan fingerprint density at radius 2 is 1.55 bits per heavy atom. The van der Waals surface area contributed by atoms with Crippen LogP contribution >= 0.6 is 0 Å². The largest absolute Gasteiger partial charge is 0.504 e. The van der Waals surface area contributed by atoms with Gasteiger partial charge < -0.3 is 9.84 Å². The van der Waals surface area contributed by atoms with Crippen molar-refractivity contribution in [1.82, 2.24) is 9.97 Å². The molecule has 0 bridgehead atoms. The van der Waals surface area contributed by atoms with Crippen LogP contribution in [0.2, 0.25) is 0 Å². The molecule has 0 aliphatic rings. The van der Waals surface area contributed by atoms with E-state index in [2.05, 4.69) is 9.97 Å². The Labute approximate surface area is 180 Å². The molecule has 0 saturated carbocycles. The first-order valence-electron chi connectivity index (χ1n) is 9.66. The van der Waals surface area contributed by atoms with Crippen molar-refractivity contribution in [1.29, 1.82) is 0 Å². The van der Waals surface area contributed by atoms with Gasteiger partial charge in [0.25, 0.3) is 0 Å². The number of phenolic OH excluding ortho intramolecular Hbond substituents is 1. The van der Waals surface area contributed by atoms with Gasteiger partial charge >= 0.3 is 0 Å². The molecule has 2 aromatic heterocycles. The van der Waals surface area contributed by atoms with Crippen LogP contribution in [-0.2, 0) is 16.0 Å². The van der Waals surface area contributed by atoms with Gasteiger partial charge in [-0.2, -0.15) is 0 Å². The maximum atomic E-state index is 12.9. The van der Waals surface area contributed by atoms with Crippen molar-refractivity contribution in [2.45, 2.75) is 6.42 Å². The lowest BCUT2D eigenvalue weighted by Gasteiger charge is -2.13. The standard InChI is InChI=1S/C25H22N2O4/c1-31-25-15-20(8-11-24(25)30)14-21(22(28)9-6-18-4-2-12-26-16-18)23(29)10-7-19-5-3-13-27-17-19/h2-13,15-17,21,30H,14H2,1H3/b9-6+,10-7+. The summed E-state index contributed by atoms with van der Waals surface area (Å²) in [4.78, 5) is 33.9. The topological polar surface area (TPSA) is 89.4 Å². The predicted molar refractivity (Wildman–Crippen MR) is 118 cm³/mol. The molecular formula is C25H22N2O4. The number of hydrogen-bond acceptors (Lipinski definition) is 6. The van der Waals surface area contributed by atoms with Gasteiger partial charge in [-0.25, -0.2) is 0 Å². The Balaban J connectivity index is 1.85. The highest BCUT2D eigenvalue weighted by atomic mass is 16.5. The Kier molecular flexibility index (Phi) is 7.43. The second-order valence-corrected chi connectivity index (χ2v) is 6.81. The van der Waals surface area contributed by atoms with Crippen LogP contribution in [-0.4, -0.2) is 33.8 Å². The molecule has 156 valence electrons. The average Bonchev–Trinajstić information content (AvgIpc) is 2.81. The van der Waals surface area contributed by atoms with Crippen LogP contribution in [0.4, 0.5) is 0 Å². The van der Waals surface area contributed by atoms with Gasteiger partial charge in [0.2, 0.25) is 0 Å². The molecule has 0 atom stereocenters. The van der Waals surface area contributed by atoms with E-state index in [1.165, 1.54) is 25.3 Å². The first-order valence-corrected chi connectivity index (χ1v) is 9.66. The van der Waals surface area contributed by atoms with E-state index >= 15 is 0 Å². The SMILES string of the molecule is COc1cc(CC(C(=O)/C=C/c2cccnc2)C(=O)/C=C/c2cccnc2)ccc1O. The fraction of sp³-hybridized carbons (Fsp3) is 0.120. The summed E-state index contributed by atoms with van der Waals surface area (Å²) in [5.41, 5.74) is 2.23. The second-order valence-electron chi connectivity index (χ2n) is 6.81. The van der Waals surface area contributed by atoms with Crippen molar-refractivity contribution in [3.05, 3.63) is 96.1 Å². The number of benzene rings is 1. The minimum atomic E-state index is -0.921. The van der Waals surface area contributed by atoms with Crippen molar-refractivity contribution in [2.24, 2.45) is 5.92 Å². The molecule has 6 heteroatoms. The molecule has 3 aromatic rings. The maximum Gasteiger partial charge on any atom is 0.166 e. The van der Waals surface area contributed by atoms with Crippen LogP contribution in [0.25, 0.3) is 12.2 Å². The van der Waals surface area contributed by atoms with E-state index < -0.39 is 5.92 Å². The summed E-state index contributed by atoms with van der Waals surface area (Å²) in [5.74, 6) is -1.29. The molecule has 0 amide bonds. The number of ether oxygens (including phenoxy) is 1. The fourth-order valence-electron chi connectivity index (χ4n) is 2.96. The Morgan fingerprint density at radius 1 is 0.968 bits per heavy atom. The second kappa shape index (κ2) is 10.6. The smallest absolute Gasteiger partial charge is 0.166 e. The van der Waals surface area contributed by atoms with Crippen molar-refractivity contribution in [2.75, 3.05) is 7.11 Å². The summed E-state index contributed by atoms with van der Waals surface area (Å²) in [6.45, 7) is 0. The third-order valence-electron chi connectivity index (χ3n) is 4.62. The number of carbonyl (C=O) groups is 2. The molecule has 0 radical (unpaired) electrons. The molecule has 1 N–H and O–H groups in total. The van der Waals surface area contributed by atoms with Crippen molar-refractivity contribution >= 4 is 23.7 Å². The van der Waals surface area contributed by atoms with E-state index in [0.717, 1.165) is 11.1 Å². The van der Waals surface area contributed by atoms with Gasteiger partial charge in [0, 0.05) is 24.8 Å². The van der Waals surface area contributed by atoms with E-state index in [1.54, 1.807) is 61.2 Å². The number of carbonyl (C=O) groups excluding carboxylic acids is 2. The zero-order valence-corrected chi connectivity index (χ0v) is 17.0. The maximum absolute atomic E-state index is 12.9. The van der Waals surface area contributed by atoms with E-state index in [0.29, 0.717) is 5.56 Å². The van der Waals surface area contributed by atoms with Gasteiger partial charge in [-0.15, -0.1) is 0 Å². The number of allylic oxidation sites excluding steroid dienone is 2. The quantitative estimate of drug-likeness (QED) is 0.422. The van der Waals surface area contributed by atoms with E-state index in [4.69, 9.17) is 4.74 Å². The molecular weight excluding hydrogens is 392 g/mol. The van der Waals surface area contributed by atoms with Crippen LogP contribution in [0.5, 0.6) is 11.5 Å². The fourth-order valence-corrected chi connectivity index (χ4v) is 2.96. The number of phenols is 1. The summed E-state index contributed by atoms with van der Waals surface area (Å²) in [5, 5.41) is 9.81. The van der Waals surface area contributed by atoms with Crippen LogP contribution < -0.4 is 4.74 Å². The average molecular weight is 414 g/mol. The van der Waals surface area contributed by atoms with E-state index in [-0.39, 0.29) is 29.5 Å². The number of hydrogen-bond donors (Lipinski definition) is 1. The van der Waals surface area contributed by atoms with Crippen LogP contribution in [0.3, 0.4) is 0 Å². The monoisotopic (exact) mass is 414 g/mol. The first kappa shape index (κ1) is 21.6. The third-order valence-corrected chi connectivity index (χ3v) is 4.62. The number of methoxy groups -OCH3 is 1. The molecule has 6 nitrogen and oxygen atoms in total. The summed E-state index contributed by atoms with van der Waals surface area (Å²) >= 11 is 0. The lowest BCUT2D eigenvalue weighted by Crippen LogP contribution is -2.23. The summed E-state index contributed by atoms with van der Waals surface area (Å²) < 4.78 is 5.14. The number of nitrogens with zero attached hydrogens (tertiary/aromatic N) is 2. The van der Waals surface area contributed by atoms with Gasteiger partial charge in [-0.05, 0) is 71.7 Å². The van der Waals surface area contributed by atoms with E-state index in [9.17, 15) is 14.7 Å². The summed E-state index contributed by atoms with van der Waals surface area (Å²) in [7, 11) is 1.44. The van der Waals surface area contributed by atoms with Gasteiger partial charge in [0.05, 0.1) is 13.0 Å². The molecule has 0 aliphatic carbocycles. The summed E-state index contributed by atoms with van der Waals surface area (Å²) in [6, 6.07) is 12.0. The molecule has 31 heavy (non-hydrogen) atoms. The molecule has 0 aliphatic heterocycles. The minimum absolute atomic E-state index is 0.00611. The van der Waals surface area contributed by atoms with E-state index in [1.807, 2.05) is 12.1 Å². The zero-order chi connectivity index (χ0) is 22.1. The Hall–Kier alpha value is -4.06. The number of ketones is 2. The van der Waals surface area contributed by atoms with Crippen LogP contribution in [0.15, 0.2) is 79.4 Å². The predicted octanol–water partition coefficient (Wildman–Crippen LogP) is 3.91. The lowest BCUT2D eigenvalue weighted by atomic mass is 9.90. The molecule has 0 fully saturated rings. The minimum Gasteiger partial charge on any atom is -0.504 e. The van der Waals surface area contributed by atoms with Crippen molar-refractivity contribution in [3.8, 4) is 11.5 Å². The normalized spacial score (nSPS) is 11.3. The number of pyridine rings is 2. The number of aromatic nitrogens is 2. The highest BCUT2D eigenvalue weighted by Gasteiger charge is 2.24. The summed E-state index contributed by atoms with van der Waals surface area (Å²) in [6.07, 6.45) is 12.8. The molecule has 0 unspecified atom stereocenters. The lowest BCUT2D eigenvalue weighted by molar-refractivity contribution is -0.127. The molecule has 0 saturated heterocycles. The Bertz CT molecular complexity index is 1030. The number of rotatable bonds is 9. The highest BCUT2D eigenvalue weighted by Crippen LogP contribution is 2.28. The zero-order valence-electron chi connectivity index (χ0n) is 17.0. The molecule has 3 rings (SSSR count). The Morgan fingerprint density at radius 3 is 2.03 bits per heavy atom. The molecule has 1 aromatic carbocycles. The third kappa shape index (κ3) is 6.21. The highest BCUT2D eigenvalue weighted by molar-refractivity contribution is 6.13. The van der Waals surface area contributed by atoms with Gasteiger partial charge in [-0.3, -0.25) is 19.6 Å². The molecule has 2 heterocycles. The van der Waals surface area contributed by atoms with Gasteiger partial charge in [-0.1, -0.05) is 18.2 Å².